The maximum absolute atomic E-state index is 4.25. The van der Waals surface area contributed by atoms with Gasteiger partial charge in [0.1, 0.15) is 0 Å². The maximum atomic E-state index is 4.25. The van der Waals surface area contributed by atoms with Crippen molar-refractivity contribution in [1.29, 1.82) is 0 Å². The predicted octanol–water partition coefficient (Wildman–Crippen LogP) is 2.55. The SMILES string of the molecule is CCNC(Cc1cn(C)nn1)C1CCCCC1(C)C. The molecule has 1 heterocycles. The van der Waals surface area contributed by atoms with E-state index in [1.54, 1.807) is 4.68 Å². The van der Waals surface area contributed by atoms with Crippen molar-refractivity contribution in [3.63, 3.8) is 0 Å². The molecule has 0 saturated heterocycles. The van der Waals surface area contributed by atoms with E-state index in [-0.39, 0.29) is 0 Å². The number of aryl methyl sites for hydroxylation is 1. The Labute approximate surface area is 117 Å². The quantitative estimate of drug-likeness (QED) is 0.889. The molecule has 2 rings (SSSR count). The van der Waals surface area contributed by atoms with E-state index < -0.39 is 0 Å². The predicted molar refractivity (Wildman–Crippen MR) is 77.9 cm³/mol. The van der Waals surface area contributed by atoms with E-state index in [9.17, 15) is 0 Å². The molecule has 1 aromatic heterocycles. The fourth-order valence-electron chi connectivity index (χ4n) is 3.60. The van der Waals surface area contributed by atoms with Crippen LogP contribution >= 0.6 is 0 Å². The third kappa shape index (κ3) is 3.56. The molecule has 0 aliphatic heterocycles. The normalized spacial score (nSPS) is 24.3. The van der Waals surface area contributed by atoms with E-state index in [1.165, 1.54) is 25.7 Å². The highest BCUT2D eigenvalue weighted by Gasteiger charge is 2.37. The van der Waals surface area contributed by atoms with Crippen LogP contribution in [0.25, 0.3) is 0 Å². The van der Waals surface area contributed by atoms with Crippen molar-refractivity contribution in [2.45, 2.75) is 58.9 Å². The van der Waals surface area contributed by atoms with Crippen LogP contribution in [0.3, 0.4) is 0 Å². The van der Waals surface area contributed by atoms with Gasteiger partial charge in [-0.25, -0.2) is 0 Å². The Morgan fingerprint density at radius 1 is 1.47 bits per heavy atom. The molecular formula is C15H28N4. The van der Waals surface area contributed by atoms with E-state index in [1.807, 2.05) is 13.2 Å². The van der Waals surface area contributed by atoms with Crippen LogP contribution in [0.1, 0.15) is 52.1 Å². The van der Waals surface area contributed by atoms with E-state index in [4.69, 9.17) is 0 Å². The molecule has 2 atom stereocenters. The summed E-state index contributed by atoms with van der Waals surface area (Å²) in [4.78, 5) is 0. The topological polar surface area (TPSA) is 42.7 Å². The highest BCUT2D eigenvalue weighted by atomic mass is 15.4. The van der Waals surface area contributed by atoms with Gasteiger partial charge in [-0.15, -0.1) is 5.10 Å². The molecule has 1 N–H and O–H groups in total. The van der Waals surface area contributed by atoms with Gasteiger partial charge in [0.05, 0.1) is 5.69 Å². The van der Waals surface area contributed by atoms with Crippen LogP contribution in [0, 0.1) is 11.3 Å². The number of hydrogen-bond acceptors (Lipinski definition) is 3. The van der Waals surface area contributed by atoms with Crippen molar-refractivity contribution in [3.8, 4) is 0 Å². The molecule has 1 aliphatic rings. The van der Waals surface area contributed by atoms with Crippen LogP contribution < -0.4 is 5.32 Å². The monoisotopic (exact) mass is 264 g/mol. The zero-order valence-corrected chi connectivity index (χ0v) is 12.8. The van der Waals surface area contributed by atoms with Crippen molar-refractivity contribution < 1.29 is 0 Å². The molecule has 2 unspecified atom stereocenters. The van der Waals surface area contributed by atoms with Crippen LogP contribution in [-0.2, 0) is 13.5 Å². The lowest BCUT2D eigenvalue weighted by Crippen LogP contribution is -2.46. The number of rotatable bonds is 5. The first-order valence-electron chi connectivity index (χ1n) is 7.61. The number of aromatic nitrogens is 3. The summed E-state index contributed by atoms with van der Waals surface area (Å²) in [6.07, 6.45) is 8.48. The minimum Gasteiger partial charge on any atom is -0.314 e. The van der Waals surface area contributed by atoms with E-state index in [0.717, 1.165) is 24.6 Å². The van der Waals surface area contributed by atoms with Crippen molar-refractivity contribution in [2.24, 2.45) is 18.4 Å². The first-order valence-corrected chi connectivity index (χ1v) is 7.61. The molecule has 0 aromatic carbocycles. The molecule has 1 aromatic rings. The van der Waals surface area contributed by atoms with Gasteiger partial charge in [-0.1, -0.05) is 38.8 Å². The molecule has 108 valence electrons. The molecule has 19 heavy (non-hydrogen) atoms. The molecule has 0 radical (unpaired) electrons. The number of nitrogens with zero attached hydrogens (tertiary/aromatic N) is 3. The molecule has 4 nitrogen and oxygen atoms in total. The number of hydrogen-bond donors (Lipinski definition) is 1. The van der Waals surface area contributed by atoms with Crippen LogP contribution in [0.5, 0.6) is 0 Å². The lowest BCUT2D eigenvalue weighted by molar-refractivity contribution is 0.0984. The third-order valence-electron chi connectivity index (χ3n) is 4.62. The van der Waals surface area contributed by atoms with Gasteiger partial charge < -0.3 is 5.32 Å². The highest BCUT2D eigenvalue weighted by molar-refractivity contribution is 5.00. The van der Waals surface area contributed by atoms with Crippen molar-refractivity contribution in [2.75, 3.05) is 6.54 Å². The molecule has 0 amide bonds. The van der Waals surface area contributed by atoms with Crippen LogP contribution in [-0.4, -0.2) is 27.6 Å². The zero-order valence-electron chi connectivity index (χ0n) is 12.8. The van der Waals surface area contributed by atoms with Crippen molar-refractivity contribution >= 4 is 0 Å². The van der Waals surface area contributed by atoms with Gasteiger partial charge in [-0.2, -0.15) is 0 Å². The summed E-state index contributed by atoms with van der Waals surface area (Å²) in [5.74, 6) is 0.739. The number of nitrogens with one attached hydrogen (secondary N) is 1. The Kier molecular flexibility index (Phi) is 4.61. The zero-order chi connectivity index (χ0) is 13.9. The molecule has 0 bridgehead atoms. The Morgan fingerprint density at radius 2 is 2.26 bits per heavy atom. The highest BCUT2D eigenvalue weighted by Crippen LogP contribution is 2.42. The minimum atomic E-state index is 0.438. The summed E-state index contributed by atoms with van der Waals surface area (Å²) in [5.41, 5.74) is 1.54. The Balaban J connectivity index is 2.10. The Hall–Kier alpha value is -0.900. The minimum absolute atomic E-state index is 0.438. The van der Waals surface area contributed by atoms with E-state index >= 15 is 0 Å². The van der Waals surface area contributed by atoms with E-state index in [0.29, 0.717) is 11.5 Å². The van der Waals surface area contributed by atoms with Crippen molar-refractivity contribution in [1.82, 2.24) is 20.3 Å². The average molecular weight is 264 g/mol. The Bertz CT molecular complexity index is 397. The molecule has 1 aliphatic carbocycles. The summed E-state index contributed by atoms with van der Waals surface area (Å²) in [7, 11) is 1.93. The fourth-order valence-corrected chi connectivity index (χ4v) is 3.60. The second-order valence-corrected chi connectivity index (χ2v) is 6.59. The van der Waals surface area contributed by atoms with E-state index in [2.05, 4.69) is 36.4 Å². The number of likely N-dealkylation sites (N-methyl/N-ethyl adjacent to an activating group) is 1. The second kappa shape index (κ2) is 6.04. The molecular weight excluding hydrogens is 236 g/mol. The standard InChI is InChI=1S/C15H28N4/c1-5-16-14(10-12-11-19(4)18-17-12)13-8-6-7-9-15(13,2)3/h11,13-14,16H,5-10H2,1-4H3. The largest absolute Gasteiger partial charge is 0.314 e. The summed E-state index contributed by atoms with van der Waals surface area (Å²) in [5, 5.41) is 12.0. The fraction of sp³-hybridized carbons (Fsp3) is 0.867. The lowest BCUT2D eigenvalue weighted by Gasteiger charge is -2.43. The smallest absolute Gasteiger partial charge is 0.0842 e. The van der Waals surface area contributed by atoms with Gasteiger partial charge in [-0.3, -0.25) is 4.68 Å². The average Bonchev–Trinajstić information content (AvgIpc) is 2.74. The molecule has 4 heteroatoms. The van der Waals surface area contributed by atoms with Gasteiger partial charge in [0, 0.05) is 25.7 Å². The molecule has 0 spiro atoms. The van der Waals surface area contributed by atoms with Gasteiger partial charge in [0.15, 0.2) is 0 Å². The third-order valence-corrected chi connectivity index (χ3v) is 4.62. The van der Waals surface area contributed by atoms with Crippen LogP contribution in [0.4, 0.5) is 0 Å². The van der Waals surface area contributed by atoms with Gasteiger partial charge in [0.25, 0.3) is 0 Å². The summed E-state index contributed by atoms with van der Waals surface area (Å²) >= 11 is 0. The van der Waals surface area contributed by atoms with Gasteiger partial charge >= 0.3 is 0 Å². The van der Waals surface area contributed by atoms with Crippen molar-refractivity contribution in [3.05, 3.63) is 11.9 Å². The second-order valence-electron chi connectivity index (χ2n) is 6.59. The van der Waals surface area contributed by atoms with Crippen LogP contribution in [0.2, 0.25) is 0 Å². The van der Waals surface area contributed by atoms with Gasteiger partial charge in [-0.05, 0) is 30.7 Å². The first kappa shape index (κ1) is 14.5. The Morgan fingerprint density at radius 3 is 2.84 bits per heavy atom. The summed E-state index contributed by atoms with van der Waals surface area (Å²) in [6.45, 7) is 8.08. The lowest BCUT2D eigenvalue weighted by atomic mass is 9.65. The first-order chi connectivity index (χ1) is 9.03. The summed E-state index contributed by atoms with van der Waals surface area (Å²) < 4.78 is 1.80. The van der Waals surface area contributed by atoms with Crippen LogP contribution in [0.15, 0.2) is 6.20 Å². The van der Waals surface area contributed by atoms with Gasteiger partial charge in [0.2, 0.25) is 0 Å². The maximum Gasteiger partial charge on any atom is 0.0842 e. The molecule has 1 saturated carbocycles. The molecule has 1 fully saturated rings. The summed E-state index contributed by atoms with van der Waals surface area (Å²) in [6, 6.07) is 0.525.